The van der Waals surface area contributed by atoms with E-state index in [1.165, 1.54) is 11.1 Å². The lowest BCUT2D eigenvalue weighted by molar-refractivity contribution is 0.372. The van der Waals surface area contributed by atoms with Crippen LogP contribution in [0.3, 0.4) is 0 Å². The molecule has 4 heteroatoms. The van der Waals surface area contributed by atoms with Gasteiger partial charge in [-0.05, 0) is 34.1 Å². The average molecular weight is 465 g/mol. The first-order chi connectivity index (χ1) is 15.3. The predicted molar refractivity (Wildman–Crippen MR) is 139 cm³/mol. The maximum absolute atomic E-state index is 10.9. The Kier molecular flexibility index (Phi) is 7.27. The average Bonchev–Trinajstić information content (AvgIpc) is 2.73. The van der Waals surface area contributed by atoms with Crippen LogP contribution >= 0.6 is 8.60 Å². The molecule has 33 heavy (non-hydrogen) atoms. The van der Waals surface area contributed by atoms with Crippen LogP contribution in [0, 0.1) is 0 Å². The monoisotopic (exact) mass is 464 g/mol. The van der Waals surface area contributed by atoms with Crippen LogP contribution < -0.4 is 9.05 Å². The van der Waals surface area contributed by atoms with Crippen molar-refractivity contribution in [3.05, 3.63) is 95.1 Å². The van der Waals surface area contributed by atoms with E-state index in [0.717, 1.165) is 11.1 Å². The van der Waals surface area contributed by atoms with E-state index < -0.39 is 8.60 Å². The minimum absolute atomic E-state index is 0.0287. The number of hydrogen-bond acceptors (Lipinski definition) is 3. The largest absolute Gasteiger partial charge is 0.460 e. The van der Waals surface area contributed by atoms with Crippen molar-refractivity contribution in [3.63, 3.8) is 0 Å². The summed E-state index contributed by atoms with van der Waals surface area (Å²) in [4.78, 5) is 10.9. The Hall–Kier alpha value is -2.35. The molecule has 0 amide bonds. The first-order valence-electron chi connectivity index (χ1n) is 11.4. The van der Waals surface area contributed by atoms with Gasteiger partial charge >= 0.3 is 8.60 Å². The molecule has 0 aliphatic rings. The fourth-order valence-electron chi connectivity index (χ4n) is 3.92. The molecule has 0 saturated heterocycles. The third kappa shape index (κ3) is 5.96. The van der Waals surface area contributed by atoms with Crippen molar-refractivity contribution in [1.29, 1.82) is 0 Å². The van der Waals surface area contributed by atoms with Crippen molar-refractivity contribution in [1.82, 2.24) is 0 Å². The van der Waals surface area contributed by atoms with Gasteiger partial charge < -0.3 is 13.9 Å². The molecule has 0 spiro atoms. The van der Waals surface area contributed by atoms with Crippen LogP contribution in [0.25, 0.3) is 0 Å². The summed E-state index contributed by atoms with van der Waals surface area (Å²) in [5.74, 6) is 1.28. The smallest absolute Gasteiger partial charge is 0.418 e. The van der Waals surface area contributed by atoms with E-state index in [9.17, 15) is 4.89 Å². The van der Waals surface area contributed by atoms with Gasteiger partial charge in [-0.1, -0.05) is 116 Å². The van der Waals surface area contributed by atoms with Gasteiger partial charge in [0.2, 0.25) is 0 Å². The van der Waals surface area contributed by atoms with Crippen molar-refractivity contribution in [2.75, 3.05) is 0 Å². The topological polar surface area (TPSA) is 38.7 Å². The van der Waals surface area contributed by atoms with Crippen molar-refractivity contribution in [2.24, 2.45) is 0 Å². The summed E-state index contributed by atoms with van der Waals surface area (Å²) in [7, 11) is -2.17. The molecule has 3 rings (SSSR count). The summed E-state index contributed by atoms with van der Waals surface area (Å²) < 4.78 is 12.0. The minimum atomic E-state index is -2.17. The second kappa shape index (κ2) is 9.49. The Morgan fingerprint density at radius 2 is 1.12 bits per heavy atom. The summed E-state index contributed by atoms with van der Waals surface area (Å²) in [5.41, 5.74) is 4.06. The summed E-state index contributed by atoms with van der Waals surface area (Å²) in [6.07, 6.45) is 0. The zero-order valence-corrected chi connectivity index (χ0v) is 22.0. The van der Waals surface area contributed by atoms with E-state index in [1.807, 2.05) is 48.5 Å². The first-order valence-corrected chi connectivity index (χ1v) is 12.6. The summed E-state index contributed by atoms with van der Waals surface area (Å²) in [6.45, 7) is 17.4. The molecule has 3 nitrogen and oxygen atoms in total. The normalized spacial score (nSPS) is 13.5. The molecule has 0 aliphatic heterocycles. The van der Waals surface area contributed by atoms with Crippen LogP contribution in [0.1, 0.15) is 77.6 Å². The quantitative estimate of drug-likeness (QED) is 0.373. The minimum Gasteiger partial charge on any atom is -0.418 e. The van der Waals surface area contributed by atoms with Gasteiger partial charge in [-0.15, -0.1) is 0 Å². The Morgan fingerprint density at radius 1 is 0.576 bits per heavy atom. The van der Waals surface area contributed by atoms with Crippen LogP contribution in [0.2, 0.25) is 0 Å². The highest BCUT2D eigenvalue weighted by molar-refractivity contribution is 7.41. The van der Waals surface area contributed by atoms with Crippen LogP contribution in [0.5, 0.6) is 11.5 Å². The lowest BCUT2D eigenvalue weighted by Gasteiger charge is -2.29. The first kappa shape index (κ1) is 25.3. The molecule has 0 saturated carbocycles. The fraction of sp³-hybridized carbons (Fsp3) is 0.379. The van der Waals surface area contributed by atoms with Crippen molar-refractivity contribution in [3.8, 4) is 11.5 Å². The molecule has 1 unspecified atom stereocenters. The van der Waals surface area contributed by atoms with Gasteiger partial charge in [-0.2, -0.15) is 0 Å². The molecule has 0 aromatic heterocycles. The number of rotatable bonds is 6. The van der Waals surface area contributed by atoms with Crippen LogP contribution in [0.15, 0.2) is 72.8 Å². The molecule has 1 N–H and O–H groups in total. The van der Waals surface area contributed by atoms with Crippen LogP contribution in [-0.2, 0) is 16.2 Å². The molecule has 3 aromatic rings. The van der Waals surface area contributed by atoms with Gasteiger partial charge in [0.25, 0.3) is 0 Å². The zero-order chi connectivity index (χ0) is 24.4. The third-order valence-electron chi connectivity index (χ3n) is 6.06. The van der Waals surface area contributed by atoms with Crippen molar-refractivity contribution >= 4 is 8.60 Å². The SMILES string of the molecule is CC(C)(C)c1ccc(OP(O)Oc2ccccc2C(C)(C)c2ccccc2)c(C(C)(C)C)c1. The number of hydrogen-bond donors (Lipinski definition) is 1. The summed E-state index contributed by atoms with van der Waals surface area (Å²) in [5, 5.41) is 0. The number of para-hydroxylation sites is 1. The molecule has 0 fully saturated rings. The number of benzene rings is 3. The lowest BCUT2D eigenvalue weighted by Crippen LogP contribution is -2.20. The van der Waals surface area contributed by atoms with Gasteiger partial charge in [-0.3, -0.25) is 0 Å². The maximum atomic E-state index is 10.9. The van der Waals surface area contributed by atoms with E-state index in [2.05, 4.69) is 79.7 Å². The summed E-state index contributed by atoms with van der Waals surface area (Å²) in [6, 6.07) is 24.4. The maximum Gasteiger partial charge on any atom is 0.460 e. The Balaban J connectivity index is 1.89. The molecular formula is C29H37O3P. The Bertz CT molecular complexity index is 1080. The van der Waals surface area contributed by atoms with E-state index in [-0.39, 0.29) is 16.2 Å². The van der Waals surface area contributed by atoms with Crippen LogP contribution in [-0.4, -0.2) is 4.89 Å². The molecule has 3 aromatic carbocycles. The third-order valence-corrected chi connectivity index (χ3v) is 6.77. The molecule has 1 atom stereocenters. The van der Waals surface area contributed by atoms with E-state index >= 15 is 0 Å². The molecule has 0 bridgehead atoms. The highest BCUT2D eigenvalue weighted by Crippen LogP contribution is 2.45. The highest BCUT2D eigenvalue weighted by Gasteiger charge is 2.29. The van der Waals surface area contributed by atoms with Gasteiger partial charge in [0.05, 0.1) is 0 Å². The van der Waals surface area contributed by atoms with E-state index in [1.54, 1.807) is 0 Å². The van der Waals surface area contributed by atoms with Crippen molar-refractivity contribution < 1.29 is 13.9 Å². The van der Waals surface area contributed by atoms with Gasteiger partial charge in [0, 0.05) is 16.5 Å². The van der Waals surface area contributed by atoms with Gasteiger partial charge in [0.1, 0.15) is 11.5 Å². The lowest BCUT2D eigenvalue weighted by atomic mass is 9.78. The van der Waals surface area contributed by atoms with E-state index in [4.69, 9.17) is 9.05 Å². The fourth-order valence-corrected chi connectivity index (χ4v) is 4.61. The van der Waals surface area contributed by atoms with Crippen molar-refractivity contribution in [2.45, 2.75) is 71.6 Å². The van der Waals surface area contributed by atoms with Gasteiger partial charge in [-0.25, -0.2) is 0 Å². The molecule has 0 aliphatic carbocycles. The van der Waals surface area contributed by atoms with Gasteiger partial charge in [0.15, 0.2) is 0 Å². The zero-order valence-electron chi connectivity index (χ0n) is 21.1. The predicted octanol–water partition coefficient (Wildman–Crippen LogP) is 8.28. The molecule has 176 valence electrons. The second-order valence-corrected chi connectivity index (χ2v) is 12.0. The van der Waals surface area contributed by atoms with Crippen LogP contribution in [0.4, 0.5) is 0 Å². The summed E-state index contributed by atoms with van der Waals surface area (Å²) >= 11 is 0. The molecule has 0 radical (unpaired) electrons. The second-order valence-electron chi connectivity index (χ2n) is 11.1. The molecular weight excluding hydrogens is 427 g/mol. The Morgan fingerprint density at radius 3 is 1.70 bits per heavy atom. The Labute approximate surface area is 200 Å². The highest BCUT2D eigenvalue weighted by atomic mass is 31.2. The van der Waals surface area contributed by atoms with E-state index in [0.29, 0.717) is 11.5 Å². The standard InChI is InChI=1S/C29H37O3P/c1-27(2,3)22-18-19-26(24(20-22)28(4,5)6)32-33(30)31-25-17-13-12-16-23(25)29(7,8)21-14-10-9-11-15-21/h9-20,30H,1-8H3. The molecule has 0 heterocycles.